The van der Waals surface area contributed by atoms with Gasteiger partial charge in [-0.15, -0.1) is 0 Å². The van der Waals surface area contributed by atoms with E-state index in [1.54, 1.807) is 18.3 Å². The van der Waals surface area contributed by atoms with Gasteiger partial charge in [0.05, 0.1) is 25.1 Å². The van der Waals surface area contributed by atoms with Crippen LogP contribution in [0.15, 0.2) is 54.7 Å². The summed E-state index contributed by atoms with van der Waals surface area (Å²) in [4.78, 5) is 18.2. The number of carbonyl (C=O) groups is 1. The lowest BCUT2D eigenvalue weighted by atomic mass is 9.75. The Bertz CT molecular complexity index is 712. The Morgan fingerprint density at radius 2 is 1.96 bits per heavy atom. The van der Waals surface area contributed by atoms with Gasteiger partial charge >= 0.3 is 0 Å². The van der Waals surface area contributed by atoms with Crippen molar-refractivity contribution < 1.29 is 9.90 Å². The monoisotopic (exact) mass is 307 g/mol. The fourth-order valence-electron chi connectivity index (χ4n) is 3.17. The van der Waals surface area contributed by atoms with Gasteiger partial charge in [-0.05, 0) is 17.7 Å². The molecule has 0 saturated carbocycles. The van der Waals surface area contributed by atoms with Crippen LogP contribution < -0.4 is 0 Å². The van der Waals surface area contributed by atoms with Gasteiger partial charge < -0.3 is 10.0 Å². The Kier molecular flexibility index (Phi) is 4.35. The van der Waals surface area contributed by atoms with Crippen molar-refractivity contribution in [2.45, 2.75) is 24.4 Å². The zero-order valence-corrected chi connectivity index (χ0v) is 12.5. The van der Waals surface area contributed by atoms with E-state index < -0.39 is 6.04 Å². The van der Waals surface area contributed by atoms with Crippen molar-refractivity contribution in [3.63, 3.8) is 0 Å². The van der Waals surface area contributed by atoms with Gasteiger partial charge in [0.15, 0.2) is 0 Å². The van der Waals surface area contributed by atoms with Crippen LogP contribution in [0.2, 0.25) is 0 Å². The van der Waals surface area contributed by atoms with Gasteiger partial charge in [0.1, 0.15) is 6.04 Å². The summed E-state index contributed by atoms with van der Waals surface area (Å²) in [5, 5.41) is 19.2. The van der Waals surface area contributed by atoms with Gasteiger partial charge in [0.25, 0.3) is 0 Å². The van der Waals surface area contributed by atoms with E-state index in [1.807, 2.05) is 36.4 Å². The maximum Gasteiger partial charge on any atom is 0.230 e. The highest BCUT2D eigenvalue weighted by molar-refractivity contribution is 5.81. The number of aromatic nitrogens is 1. The molecule has 2 aromatic rings. The smallest absolute Gasteiger partial charge is 0.230 e. The first kappa shape index (κ1) is 15.2. The molecule has 1 saturated heterocycles. The third-order valence-electron chi connectivity index (χ3n) is 4.26. The molecule has 3 atom stereocenters. The van der Waals surface area contributed by atoms with Crippen LogP contribution in [0.5, 0.6) is 0 Å². The van der Waals surface area contributed by atoms with E-state index in [0.29, 0.717) is 5.69 Å². The predicted molar refractivity (Wildman–Crippen MR) is 84.2 cm³/mol. The molecule has 3 rings (SSSR count). The molecule has 0 bridgehead atoms. The molecule has 116 valence electrons. The van der Waals surface area contributed by atoms with E-state index in [4.69, 9.17) is 0 Å². The fourth-order valence-corrected chi connectivity index (χ4v) is 3.17. The number of hydrogen-bond donors (Lipinski definition) is 1. The molecule has 0 spiro atoms. The number of likely N-dealkylation sites (tertiary alicyclic amines) is 1. The number of nitriles is 1. The minimum atomic E-state index is -0.550. The van der Waals surface area contributed by atoms with Gasteiger partial charge in [-0.3, -0.25) is 9.78 Å². The van der Waals surface area contributed by atoms with Crippen molar-refractivity contribution in [1.29, 1.82) is 5.26 Å². The second-order valence-corrected chi connectivity index (χ2v) is 5.56. The second kappa shape index (κ2) is 6.59. The van der Waals surface area contributed by atoms with Crippen LogP contribution in [0.25, 0.3) is 0 Å². The molecule has 1 aliphatic rings. The minimum Gasteiger partial charge on any atom is -0.394 e. The van der Waals surface area contributed by atoms with Crippen molar-refractivity contribution in [3.05, 3.63) is 66.0 Å². The van der Waals surface area contributed by atoms with Crippen LogP contribution in [-0.4, -0.2) is 39.6 Å². The van der Waals surface area contributed by atoms with Gasteiger partial charge in [0.2, 0.25) is 5.91 Å². The number of pyridine rings is 1. The Hall–Kier alpha value is -2.71. The highest BCUT2D eigenvalue weighted by Gasteiger charge is 2.51. The Morgan fingerprint density at radius 1 is 1.22 bits per heavy atom. The Balaban J connectivity index is 1.80. The molecule has 0 aliphatic carbocycles. The summed E-state index contributed by atoms with van der Waals surface area (Å²) in [6, 6.07) is 16.2. The average molecular weight is 307 g/mol. The first-order valence-electron chi connectivity index (χ1n) is 7.52. The molecule has 1 amide bonds. The van der Waals surface area contributed by atoms with E-state index >= 15 is 0 Å². The standard InChI is InChI=1S/C18H17N3O2/c19-11-15-18(13-6-2-1-3-7-13)16(12-22)21(15)17(23)10-14-8-4-5-9-20-14/h1-9,15-16,18,22H,10,12H2/t15-,16-,18+/m0/s1. The average Bonchev–Trinajstić information content (AvgIpc) is 2.56. The number of benzene rings is 1. The van der Waals surface area contributed by atoms with Crippen LogP contribution >= 0.6 is 0 Å². The van der Waals surface area contributed by atoms with E-state index in [1.165, 1.54) is 4.90 Å². The SMILES string of the molecule is N#C[C@H]1[C@@H](c2ccccc2)[C@H](CO)N1C(=O)Cc1ccccn1. The maximum absolute atomic E-state index is 12.5. The van der Waals surface area contributed by atoms with Gasteiger partial charge in [-0.25, -0.2) is 0 Å². The summed E-state index contributed by atoms with van der Waals surface area (Å²) in [6.07, 6.45) is 1.77. The highest BCUT2D eigenvalue weighted by atomic mass is 16.3. The summed E-state index contributed by atoms with van der Waals surface area (Å²) in [5.74, 6) is -0.333. The number of hydrogen-bond acceptors (Lipinski definition) is 4. The molecule has 1 aromatic heterocycles. The number of carbonyl (C=O) groups excluding carboxylic acids is 1. The van der Waals surface area contributed by atoms with Crippen LogP contribution in [0.1, 0.15) is 17.2 Å². The Morgan fingerprint density at radius 3 is 2.57 bits per heavy atom. The van der Waals surface area contributed by atoms with Crippen molar-refractivity contribution in [2.75, 3.05) is 6.61 Å². The van der Waals surface area contributed by atoms with Crippen LogP contribution in [0.4, 0.5) is 0 Å². The second-order valence-electron chi connectivity index (χ2n) is 5.56. The number of nitrogens with zero attached hydrogens (tertiary/aromatic N) is 3. The molecule has 0 unspecified atom stereocenters. The number of amides is 1. The van der Waals surface area contributed by atoms with Gasteiger partial charge in [-0.1, -0.05) is 36.4 Å². The molecule has 2 heterocycles. The first-order chi connectivity index (χ1) is 11.3. The van der Waals surface area contributed by atoms with Crippen LogP contribution in [0, 0.1) is 11.3 Å². The zero-order valence-electron chi connectivity index (χ0n) is 12.5. The summed E-state index contributed by atoms with van der Waals surface area (Å²) < 4.78 is 0. The molecule has 5 nitrogen and oxygen atoms in total. The fraction of sp³-hybridized carbons (Fsp3) is 0.278. The van der Waals surface area contributed by atoms with Crippen LogP contribution in [-0.2, 0) is 11.2 Å². The van der Waals surface area contributed by atoms with Gasteiger partial charge in [-0.2, -0.15) is 5.26 Å². The van der Waals surface area contributed by atoms with Crippen LogP contribution in [0.3, 0.4) is 0 Å². The lowest BCUT2D eigenvalue weighted by Gasteiger charge is -2.51. The number of aliphatic hydroxyl groups is 1. The molecule has 1 aliphatic heterocycles. The third kappa shape index (κ3) is 2.81. The minimum absolute atomic E-state index is 0.136. The number of aliphatic hydroxyl groups excluding tert-OH is 1. The summed E-state index contributed by atoms with van der Waals surface area (Å²) in [7, 11) is 0. The van der Waals surface area contributed by atoms with Crippen molar-refractivity contribution >= 4 is 5.91 Å². The van der Waals surface area contributed by atoms with Crippen molar-refractivity contribution in [2.24, 2.45) is 0 Å². The predicted octanol–water partition coefficient (Wildman–Crippen LogP) is 1.50. The molecule has 0 radical (unpaired) electrons. The molecule has 1 fully saturated rings. The lowest BCUT2D eigenvalue weighted by Crippen LogP contribution is -2.65. The molecule has 1 aromatic carbocycles. The normalized spacial score (nSPS) is 23.0. The van der Waals surface area contributed by atoms with Crippen molar-refractivity contribution in [3.8, 4) is 6.07 Å². The summed E-state index contributed by atoms with van der Waals surface area (Å²) in [6.45, 7) is -0.161. The highest BCUT2D eigenvalue weighted by Crippen LogP contribution is 2.40. The molecular formula is C18H17N3O2. The van der Waals surface area contributed by atoms with Crippen molar-refractivity contribution in [1.82, 2.24) is 9.88 Å². The van der Waals surface area contributed by atoms with E-state index in [-0.39, 0.29) is 30.9 Å². The summed E-state index contributed by atoms with van der Waals surface area (Å²) >= 11 is 0. The van der Waals surface area contributed by atoms with Gasteiger partial charge in [0, 0.05) is 17.8 Å². The first-order valence-corrected chi connectivity index (χ1v) is 7.52. The van der Waals surface area contributed by atoms with E-state index in [9.17, 15) is 15.2 Å². The molecule has 5 heteroatoms. The van der Waals surface area contributed by atoms with E-state index in [2.05, 4.69) is 11.1 Å². The van der Waals surface area contributed by atoms with E-state index in [0.717, 1.165) is 5.56 Å². The maximum atomic E-state index is 12.5. The third-order valence-corrected chi connectivity index (χ3v) is 4.26. The number of rotatable bonds is 4. The zero-order chi connectivity index (χ0) is 16.2. The summed E-state index contributed by atoms with van der Waals surface area (Å²) in [5.41, 5.74) is 1.63. The topological polar surface area (TPSA) is 77.2 Å². The largest absolute Gasteiger partial charge is 0.394 e. The Labute approximate surface area is 134 Å². The quantitative estimate of drug-likeness (QED) is 0.928. The lowest BCUT2D eigenvalue weighted by molar-refractivity contribution is -0.146. The molecule has 1 N–H and O–H groups in total. The molecule has 23 heavy (non-hydrogen) atoms. The molecular weight excluding hydrogens is 290 g/mol.